The first-order valence-corrected chi connectivity index (χ1v) is 6.26. The summed E-state index contributed by atoms with van der Waals surface area (Å²) in [7, 11) is 0. The smallest absolute Gasteiger partial charge is 0.328 e. The minimum atomic E-state index is -1.62. The molecule has 2 aliphatic carbocycles. The normalized spacial score (nSPS) is 35.7. The molecule has 4 atom stereocenters. The Morgan fingerprint density at radius 3 is 2.68 bits per heavy atom. The van der Waals surface area contributed by atoms with Crippen LogP contribution < -0.4 is 11.2 Å². The van der Waals surface area contributed by atoms with Crippen LogP contribution in [0.25, 0.3) is 0 Å². The van der Waals surface area contributed by atoms with Gasteiger partial charge >= 0.3 is 5.69 Å². The van der Waals surface area contributed by atoms with Crippen LogP contribution in [-0.2, 0) is 0 Å². The Balaban J connectivity index is 2.09. The van der Waals surface area contributed by atoms with Crippen molar-refractivity contribution in [3.05, 3.63) is 33.1 Å². The van der Waals surface area contributed by atoms with Gasteiger partial charge in [0.05, 0.1) is 12.1 Å². The summed E-state index contributed by atoms with van der Waals surface area (Å²) in [5.74, 6) is -0.564. The molecule has 0 aromatic carbocycles. The highest BCUT2D eigenvalue weighted by Gasteiger charge is 2.67. The molecule has 0 bridgehead atoms. The number of rotatable bonds is 2. The molecule has 104 valence electrons. The summed E-state index contributed by atoms with van der Waals surface area (Å²) in [6.07, 6.45) is -0.331. The Kier molecular flexibility index (Phi) is 2.65. The van der Waals surface area contributed by atoms with Crippen LogP contribution in [0.15, 0.2) is 21.9 Å². The number of nitrogens with zero attached hydrogens (tertiary/aromatic N) is 1. The molecule has 3 rings (SSSR count). The molecule has 2 fully saturated rings. The van der Waals surface area contributed by atoms with Crippen molar-refractivity contribution in [2.75, 3.05) is 6.61 Å². The Morgan fingerprint density at radius 2 is 2.16 bits per heavy atom. The van der Waals surface area contributed by atoms with Gasteiger partial charge in [-0.3, -0.25) is 14.3 Å². The lowest BCUT2D eigenvalue weighted by atomic mass is 9.90. The third-order valence-corrected chi connectivity index (χ3v) is 4.54. The van der Waals surface area contributed by atoms with E-state index in [1.807, 2.05) is 0 Å². The van der Waals surface area contributed by atoms with E-state index in [-0.39, 0.29) is 6.61 Å². The van der Waals surface area contributed by atoms with Gasteiger partial charge in [-0.2, -0.15) is 0 Å². The lowest BCUT2D eigenvalue weighted by Gasteiger charge is -2.24. The van der Waals surface area contributed by atoms with E-state index >= 15 is 0 Å². The molecule has 0 radical (unpaired) electrons. The van der Waals surface area contributed by atoms with E-state index in [1.54, 1.807) is 0 Å². The molecule has 1 spiro atoms. The van der Waals surface area contributed by atoms with Gasteiger partial charge in [0.15, 0.2) is 0 Å². The van der Waals surface area contributed by atoms with E-state index in [0.717, 1.165) is 10.6 Å². The molecular weight excluding hydrogens is 255 g/mol. The number of halogens is 1. The zero-order valence-corrected chi connectivity index (χ0v) is 10.1. The summed E-state index contributed by atoms with van der Waals surface area (Å²) in [5.41, 5.74) is -1.80. The Hall–Kier alpha value is -1.47. The van der Waals surface area contributed by atoms with Crippen molar-refractivity contribution in [2.24, 2.45) is 11.3 Å². The van der Waals surface area contributed by atoms with Crippen LogP contribution in [0.4, 0.5) is 4.39 Å². The zero-order chi connectivity index (χ0) is 13.8. The SMILES string of the molecule is O=c1ccn([C@H]2[C@H](F)C(O)[C@@H](CO)C23CC3)c(=O)[nH]1. The maximum absolute atomic E-state index is 14.3. The van der Waals surface area contributed by atoms with Crippen LogP contribution in [0.2, 0.25) is 0 Å². The first-order chi connectivity index (χ1) is 9.01. The minimum Gasteiger partial charge on any atom is -0.396 e. The first kappa shape index (κ1) is 12.6. The van der Waals surface area contributed by atoms with E-state index in [1.165, 1.54) is 6.20 Å². The third-order valence-electron chi connectivity index (χ3n) is 4.54. The molecule has 1 aromatic heterocycles. The average Bonchev–Trinajstić information content (AvgIpc) is 3.10. The number of aliphatic hydroxyl groups is 2. The number of aromatic nitrogens is 2. The van der Waals surface area contributed by atoms with Crippen molar-refractivity contribution in [1.29, 1.82) is 0 Å². The average molecular weight is 270 g/mol. The van der Waals surface area contributed by atoms with Crippen molar-refractivity contribution < 1.29 is 14.6 Å². The second-order valence-electron chi connectivity index (χ2n) is 5.42. The van der Waals surface area contributed by atoms with E-state index in [9.17, 15) is 24.2 Å². The van der Waals surface area contributed by atoms with E-state index in [4.69, 9.17) is 0 Å². The summed E-state index contributed by atoms with van der Waals surface area (Å²) in [6, 6.07) is 0.326. The molecule has 19 heavy (non-hydrogen) atoms. The van der Waals surface area contributed by atoms with Crippen molar-refractivity contribution in [1.82, 2.24) is 9.55 Å². The number of aliphatic hydroxyl groups excluding tert-OH is 2. The van der Waals surface area contributed by atoms with Gasteiger partial charge in [-0.15, -0.1) is 0 Å². The number of H-pyrrole nitrogens is 1. The molecule has 0 saturated heterocycles. The van der Waals surface area contributed by atoms with Crippen molar-refractivity contribution in [3.8, 4) is 0 Å². The van der Waals surface area contributed by atoms with E-state index < -0.39 is 40.9 Å². The standard InChI is InChI=1S/C12H15FN2O4/c13-8-9(18)6(5-16)12(2-3-12)10(8)15-4-1-7(17)14-11(15)19/h1,4,6,8-10,16,18H,2-3,5H2,(H,14,17,19)/t6-,8-,9?,10+/m1/s1. The van der Waals surface area contributed by atoms with Crippen molar-refractivity contribution >= 4 is 0 Å². The number of hydrogen-bond donors (Lipinski definition) is 3. The predicted octanol–water partition coefficient (Wildman–Crippen LogP) is -0.821. The number of hydrogen-bond acceptors (Lipinski definition) is 4. The maximum atomic E-state index is 14.3. The van der Waals surface area contributed by atoms with Crippen LogP contribution >= 0.6 is 0 Å². The van der Waals surface area contributed by atoms with Gasteiger partial charge in [0, 0.05) is 30.2 Å². The minimum absolute atomic E-state index is 0.309. The van der Waals surface area contributed by atoms with Crippen molar-refractivity contribution in [2.45, 2.75) is 31.2 Å². The van der Waals surface area contributed by atoms with Crippen LogP contribution in [0.3, 0.4) is 0 Å². The molecule has 6 nitrogen and oxygen atoms in total. The Morgan fingerprint density at radius 1 is 1.47 bits per heavy atom. The van der Waals surface area contributed by atoms with Crippen LogP contribution in [0.1, 0.15) is 18.9 Å². The summed E-state index contributed by atoms with van der Waals surface area (Å²) in [4.78, 5) is 24.9. The molecule has 0 amide bonds. The van der Waals surface area contributed by atoms with Gasteiger partial charge in [0.2, 0.25) is 0 Å². The highest BCUT2D eigenvalue weighted by molar-refractivity contribution is 5.17. The van der Waals surface area contributed by atoms with Crippen LogP contribution in [0.5, 0.6) is 0 Å². The molecule has 3 N–H and O–H groups in total. The second kappa shape index (κ2) is 4.01. The Bertz CT molecular complexity index is 606. The predicted molar refractivity (Wildman–Crippen MR) is 63.5 cm³/mol. The fourth-order valence-corrected chi connectivity index (χ4v) is 3.46. The largest absolute Gasteiger partial charge is 0.396 e. The maximum Gasteiger partial charge on any atom is 0.328 e. The monoisotopic (exact) mass is 270 g/mol. The topological polar surface area (TPSA) is 95.3 Å². The Labute approximate surface area is 107 Å². The van der Waals surface area contributed by atoms with Gasteiger partial charge in [0.1, 0.15) is 6.17 Å². The number of aromatic amines is 1. The molecule has 0 aliphatic heterocycles. The van der Waals surface area contributed by atoms with Gasteiger partial charge in [-0.1, -0.05) is 0 Å². The molecular formula is C12H15FN2O4. The highest BCUT2D eigenvalue weighted by atomic mass is 19.1. The highest BCUT2D eigenvalue weighted by Crippen LogP contribution is 2.66. The fraction of sp³-hybridized carbons (Fsp3) is 0.667. The van der Waals surface area contributed by atoms with Crippen LogP contribution in [0, 0.1) is 11.3 Å². The quantitative estimate of drug-likeness (QED) is 0.654. The van der Waals surface area contributed by atoms with Gasteiger partial charge < -0.3 is 10.2 Å². The lowest BCUT2D eigenvalue weighted by molar-refractivity contribution is 0.0327. The zero-order valence-electron chi connectivity index (χ0n) is 10.1. The van der Waals surface area contributed by atoms with Gasteiger partial charge in [-0.25, -0.2) is 9.18 Å². The lowest BCUT2D eigenvalue weighted by Crippen LogP contribution is -2.37. The molecule has 1 heterocycles. The molecule has 1 unspecified atom stereocenters. The second-order valence-corrected chi connectivity index (χ2v) is 5.42. The van der Waals surface area contributed by atoms with Crippen molar-refractivity contribution in [3.63, 3.8) is 0 Å². The fourth-order valence-electron chi connectivity index (χ4n) is 3.46. The van der Waals surface area contributed by atoms with Crippen LogP contribution in [-0.4, -0.2) is 38.6 Å². The third kappa shape index (κ3) is 1.61. The van der Waals surface area contributed by atoms with Gasteiger partial charge in [0.25, 0.3) is 5.56 Å². The molecule has 7 heteroatoms. The summed E-state index contributed by atoms with van der Waals surface area (Å²) < 4.78 is 15.4. The van der Waals surface area contributed by atoms with Gasteiger partial charge in [-0.05, 0) is 12.8 Å². The molecule has 2 aliphatic rings. The molecule has 2 saturated carbocycles. The summed E-state index contributed by atoms with van der Waals surface area (Å²) >= 11 is 0. The number of alkyl halides is 1. The summed E-state index contributed by atoms with van der Waals surface area (Å²) in [6.45, 7) is -0.309. The first-order valence-electron chi connectivity index (χ1n) is 6.26. The van der Waals surface area contributed by atoms with E-state index in [0.29, 0.717) is 12.8 Å². The summed E-state index contributed by atoms with van der Waals surface area (Å²) in [5, 5.41) is 19.2. The molecule has 1 aromatic rings. The number of nitrogens with one attached hydrogen (secondary N) is 1. The van der Waals surface area contributed by atoms with E-state index in [2.05, 4.69) is 4.98 Å².